The molecule has 1 saturated carbocycles. The third-order valence-corrected chi connectivity index (χ3v) is 5.18. The van der Waals surface area contributed by atoms with Crippen LogP contribution < -0.4 is 10.7 Å². The number of hydrazine groups is 1. The maximum absolute atomic E-state index is 13.5. The Hall–Kier alpha value is -1.92. The van der Waals surface area contributed by atoms with E-state index in [0.29, 0.717) is 18.4 Å². The third kappa shape index (κ3) is 3.70. The van der Waals surface area contributed by atoms with E-state index in [4.69, 9.17) is 0 Å². The molecule has 25 heavy (non-hydrogen) atoms. The van der Waals surface area contributed by atoms with E-state index < -0.39 is 0 Å². The molecule has 5 nitrogen and oxygen atoms in total. The van der Waals surface area contributed by atoms with E-state index in [0.717, 1.165) is 30.3 Å². The summed E-state index contributed by atoms with van der Waals surface area (Å²) in [4.78, 5) is 15.7. The molecule has 0 saturated heterocycles. The average molecular weight is 346 g/mol. The molecular weight excluding hydrogens is 319 g/mol. The summed E-state index contributed by atoms with van der Waals surface area (Å²) in [5, 5.41) is 6.02. The minimum Gasteiger partial charge on any atom is -0.361 e. The number of hydrogen-bond acceptors (Lipinski definition) is 3. The highest BCUT2D eigenvalue weighted by atomic mass is 19.1. The number of likely N-dealkylation sites (N-methyl/N-ethyl adjacent to an activating group) is 1. The summed E-state index contributed by atoms with van der Waals surface area (Å²) in [7, 11) is 1.77. The van der Waals surface area contributed by atoms with Gasteiger partial charge in [-0.1, -0.05) is 6.92 Å². The van der Waals surface area contributed by atoms with E-state index in [1.807, 2.05) is 20.0 Å². The number of fused-ring (bicyclic) bond motifs is 1. The summed E-state index contributed by atoms with van der Waals surface area (Å²) in [5.41, 5.74) is 5.09. The smallest absolute Gasteiger partial charge is 0.253 e. The number of carbonyl (C=O) groups excluding carboxylic acids is 1. The van der Waals surface area contributed by atoms with Gasteiger partial charge in [0.1, 0.15) is 5.82 Å². The molecule has 1 fully saturated rings. The summed E-state index contributed by atoms with van der Waals surface area (Å²) in [6.45, 7) is 5.42. The van der Waals surface area contributed by atoms with Crippen molar-refractivity contribution >= 4 is 16.8 Å². The fraction of sp³-hybridized carbons (Fsp3) is 0.526. The van der Waals surface area contributed by atoms with Crippen molar-refractivity contribution in [3.63, 3.8) is 0 Å². The standard InChI is InChI=1S/C19H27FN4O/c1-4-17(19(25)24(5-2)21-3)22-10-12-8-14(12)16-11-23-18-7-6-13(20)9-15(16)18/h6-7,9,11-12,14,17,21-23H,4-5,8,10H2,1-3H3. The summed E-state index contributed by atoms with van der Waals surface area (Å²) < 4.78 is 13.5. The van der Waals surface area contributed by atoms with Crippen LogP contribution in [0.25, 0.3) is 10.9 Å². The normalized spacial score (nSPS) is 20.6. The lowest BCUT2D eigenvalue weighted by Crippen LogP contribution is -2.51. The minimum absolute atomic E-state index is 0.0823. The van der Waals surface area contributed by atoms with Crippen LogP contribution in [0, 0.1) is 11.7 Å². The first-order valence-corrected chi connectivity index (χ1v) is 9.07. The Balaban J connectivity index is 1.60. The van der Waals surface area contributed by atoms with Crippen LogP contribution in [0.15, 0.2) is 24.4 Å². The Morgan fingerprint density at radius 1 is 1.44 bits per heavy atom. The van der Waals surface area contributed by atoms with E-state index in [2.05, 4.69) is 15.7 Å². The number of hydrogen-bond donors (Lipinski definition) is 3. The second kappa shape index (κ2) is 7.54. The zero-order chi connectivity index (χ0) is 18.0. The number of rotatable bonds is 8. The maximum Gasteiger partial charge on any atom is 0.253 e. The molecule has 3 atom stereocenters. The Labute approximate surface area is 147 Å². The molecule has 1 aliphatic carbocycles. The number of nitrogens with one attached hydrogen (secondary N) is 3. The Morgan fingerprint density at radius 2 is 2.24 bits per heavy atom. The average Bonchev–Trinajstić information content (AvgIpc) is 3.26. The molecule has 1 amide bonds. The molecule has 1 aromatic carbocycles. The van der Waals surface area contributed by atoms with Crippen LogP contribution in [-0.2, 0) is 4.79 Å². The van der Waals surface area contributed by atoms with E-state index in [-0.39, 0.29) is 17.8 Å². The highest BCUT2D eigenvalue weighted by molar-refractivity contribution is 5.84. The molecule has 0 radical (unpaired) electrons. The lowest BCUT2D eigenvalue weighted by atomic mass is 10.1. The van der Waals surface area contributed by atoms with Crippen LogP contribution in [0.1, 0.15) is 38.2 Å². The predicted molar refractivity (Wildman–Crippen MR) is 97.6 cm³/mol. The molecule has 1 aromatic heterocycles. The van der Waals surface area contributed by atoms with Gasteiger partial charge in [-0.2, -0.15) is 0 Å². The van der Waals surface area contributed by atoms with Gasteiger partial charge in [-0.15, -0.1) is 0 Å². The highest BCUT2D eigenvalue weighted by Crippen LogP contribution is 2.49. The fourth-order valence-corrected chi connectivity index (χ4v) is 3.59. The number of carbonyl (C=O) groups is 1. The molecule has 1 aliphatic rings. The van der Waals surface area contributed by atoms with Crippen LogP contribution in [0.5, 0.6) is 0 Å². The number of aromatic amines is 1. The second-order valence-corrected chi connectivity index (χ2v) is 6.71. The molecule has 3 unspecified atom stereocenters. The molecule has 2 aromatic rings. The van der Waals surface area contributed by atoms with Crippen molar-refractivity contribution in [3.8, 4) is 0 Å². The van der Waals surface area contributed by atoms with Gasteiger partial charge >= 0.3 is 0 Å². The topological polar surface area (TPSA) is 60.2 Å². The summed E-state index contributed by atoms with van der Waals surface area (Å²) in [5.74, 6) is 0.807. The summed E-state index contributed by atoms with van der Waals surface area (Å²) >= 11 is 0. The molecular formula is C19H27FN4O. The lowest BCUT2D eigenvalue weighted by molar-refractivity contribution is -0.136. The van der Waals surface area contributed by atoms with Crippen LogP contribution in [-0.4, -0.2) is 42.1 Å². The van der Waals surface area contributed by atoms with Crippen LogP contribution in [0.4, 0.5) is 4.39 Å². The van der Waals surface area contributed by atoms with Crippen molar-refractivity contribution in [3.05, 3.63) is 35.8 Å². The van der Waals surface area contributed by atoms with Gasteiger partial charge in [0.2, 0.25) is 0 Å². The second-order valence-electron chi connectivity index (χ2n) is 6.71. The monoisotopic (exact) mass is 346 g/mol. The van der Waals surface area contributed by atoms with Crippen molar-refractivity contribution in [2.24, 2.45) is 5.92 Å². The molecule has 0 aliphatic heterocycles. The van der Waals surface area contributed by atoms with Gasteiger partial charge in [0.25, 0.3) is 5.91 Å². The first kappa shape index (κ1) is 17.9. The van der Waals surface area contributed by atoms with Gasteiger partial charge in [0.15, 0.2) is 0 Å². The SMILES string of the molecule is CCC(NCC1CC1c1c[nH]c2ccc(F)cc12)C(=O)N(CC)NC. The van der Waals surface area contributed by atoms with Gasteiger partial charge in [-0.05, 0) is 61.9 Å². The van der Waals surface area contributed by atoms with Crippen LogP contribution >= 0.6 is 0 Å². The van der Waals surface area contributed by atoms with Gasteiger partial charge in [-0.3, -0.25) is 9.80 Å². The number of amides is 1. The van der Waals surface area contributed by atoms with E-state index >= 15 is 0 Å². The maximum atomic E-state index is 13.5. The third-order valence-electron chi connectivity index (χ3n) is 5.18. The highest BCUT2D eigenvalue weighted by Gasteiger charge is 2.40. The van der Waals surface area contributed by atoms with E-state index in [1.165, 1.54) is 11.6 Å². The number of nitrogens with zero attached hydrogens (tertiary/aromatic N) is 1. The number of halogens is 1. The zero-order valence-electron chi connectivity index (χ0n) is 15.1. The van der Waals surface area contributed by atoms with Crippen molar-refractivity contribution in [1.82, 2.24) is 20.7 Å². The van der Waals surface area contributed by atoms with Gasteiger partial charge < -0.3 is 10.3 Å². The molecule has 3 N–H and O–H groups in total. The Morgan fingerprint density at radius 3 is 2.92 bits per heavy atom. The van der Waals surface area contributed by atoms with Crippen molar-refractivity contribution in [1.29, 1.82) is 0 Å². The molecule has 1 heterocycles. The van der Waals surface area contributed by atoms with Crippen molar-refractivity contribution < 1.29 is 9.18 Å². The molecule has 0 spiro atoms. The summed E-state index contributed by atoms with van der Waals surface area (Å²) in [6, 6.07) is 4.70. The Kier molecular flexibility index (Phi) is 5.39. The number of benzene rings is 1. The first-order chi connectivity index (χ1) is 12.1. The molecule has 0 bridgehead atoms. The first-order valence-electron chi connectivity index (χ1n) is 9.07. The zero-order valence-corrected chi connectivity index (χ0v) is 15.1. The van der Waals surface area contributed by atoms with Gasteiger partial charge in [-0.25, -0.2) is 9.82 Å². The van der Waals surface area contributed by atoms with E-state index in [9.17, 15) is 9.18 Å². The largest absolute Gasteiger partial charge is 0.361 e. The Bertz CT molecular complexity index is 740. The predicted octanol–water partition coefficient (Wildman–Crippen LogP) is 2.76. The van der Waals surface area contributed by atoms with Crippen molar-refractivity contribution in [2.75, 3.05) is 20.1 Å². The van der Waals surface area contributed by atoms with Crippen LogP contribution in [0.3, 0.4) is 0 Å². The quantitative estimate of drug-likeness (QED) is 0.644. The molecule has 3 rings (SSSR count). The molecule has 6 heteroatoms. The fourth-order valence-electron chi connectivity index (χ4n) is 3.59. The molecule has 136 valence electrons. The lowest BCUT2D eigenvalue weighted by Gasteiger charge is -2.25. The summed E-state index contributed by atoms with van der Waals surface area (Å²) in [6.07, 6.45) is 3.83. The van der Waals surface area contributed by atoms with Crippen LogP contribution in [0.2, 0.25) is 0 Å². The van der Waals surface area contributed by atoms with Gasteiger partial charge in [0, 0.05) is 30.7 Å². The van der Waals surface area contributed by atoms with Gasteiger partial charge in [0.05, 0.1) is 6.04 Å². The van der Waals surface area contributed by atoms with Crippen molar-refractivity contribution in [2.45, 2.75) is 38.6 Å². The number of H-pyrrole nitrogens is 1. The van der Waals surface area contributed by atoms with E-state index in [1.54, 1.807) is 24.2 Å². The number of aromatic nitrogens is 1. The minimum atomic E-state index is -0.202.